The summed E-state index contributed by atoms with van der Waals surface area (Å²) in [6, 6.07) is -0.438. The van der Waals surface area contributed by atoms with Crippen molar-refractivity contribution in [3.63, 3.8) is 0 Å². The summed E-state index contributed by atoms with van der Waals surface area (Å²) < 4.78 is 4.95. The summed E-state index contributed by atoms with van der Waals surface area (Å²) in [5, 5.41) is 2.86. The van der Waals surface area contributed by atoms with Crippen molar-refractivity contribution in [2.24, 2.45) is 11.1 Å². The van der Waals surface area contributed by atoms with Crippen LogP contribution >= 0.6 is 0 Å². The molecule has 0 saturated heterocycles. The fourth-order valence-corrected chi connectivity index (χ4v) is 1.26. The number of unbranched alkanes of at least 4 members (excludes halogenated alkanes) is 2. The van der Waals surface area contributed by atoms with E-state index in [1.807, 2.05) is 20.8 Å². The molecule has 0 bridgehead atoms. The lowest BCUT2D eigenvalue weighted by atomic mass is 9.87. The Morgan fingerprint density at radius 3 is 2.44 bits per heavy atom. The Morgan fingerprint density at radius 1 is 1.31 bits per heavy atom. The molecule has 0 aliphatic carbocycles. The van der Waals surface area contributed by atoms with Gasteiger partial charge in [-0.2, -0.15) is 0 Å². The van der Waals surface area contributed by atoms with E-state index in [4.69, 9.17) is 10.5 Å². The molecule has 0 unspecified atom stereocenters. The second-order valence-corrected chi connectivity index (χ2v) is 5.19. The SMILES string of the molecule is COCCCCCNC(=O)[C@@H](N)C(C)(C)C. The molecular formula is C12H26N2O2. The molecule has 4 nitrogen and oxygen atoms in total. The summed E-state index contributed by atoms with van der Waals surface area (Å²) in [6.45, 7) is 7.39. The molecule has 3 N–H and O–H groups in total. The Kier molecular flexibility index (Phi) is 7.34. The molecule has 0 aliphatic rings. The Balaban J connectivity index is 3.58. The number of rotatable bonds is 7. The lowest BCUT2D eigenvalue weighted by Gasteiger charge is -2.25. The second-order valence-electron chi connectivity index (χ2n) is 5.19. The average Bonchev–Trinajstić information content (AvgIpc) is 2.20. The zero-order valence-electron chi connectivity index (χ0n) is 11.0. The Hall–Kier alpha value is -0.610. The summed E-state index contributed by atoms with van der Waals surface area (Å²) in [6.07, 6.45) is 3.09. The molecule has 0 rings (SSSR count). The molecule has 0 heterocycles. The maximum Gasteiger partial charge on any atom is 0.237 e. The van der Waals surface area contributed by atoms with Gasteiger partial charge in [0.1, 0.15) is 0 Å². The first-order valence-electron chi connectivity index (χ1n) is 5.92. The van der Waals surface area contributed by atoms with Gasteiger partial charge in [0.05, 0.1) is 6.04 Å². The molecule has 0 radical (unpaired) electrons. The fourth-order valence-electron chi connectivity index (χ4n) is 1.26. The summed E-state index contributed by atoms with van der Waals surface area (Å²) >= 11 is 0. The van der Waals surface area contributed by atoms with Crippen molar-refractivity contribution >= 4 is 5.91 Å². The van der Waals surface area contributed by atoms with E-state index in [1.165, 1.54) is 0 Å². The van der Waals surface area contributed by atoms with E-state index in [0.29, 0.717) is 6.54 Å². The van der Waals surface area contributed by atoms with Gasteiger partial charge in [0, 0.05) is 20.3 Å². The van der Waals surface area contributed by atoms with Gasteiger partial charge in [-0.3, -0.25) is 4.79 Å². The first-order chi connectivity index (χ1) is 7.39. The van der Waals surface area contributed by atoms with E-state index in [-0.39, 0.29) is 11.3 Å². The highest BCUT2D eigenvalue weighted by Crippen LogP contribution is 2.17. The zero-order valence-corrected chi connectivity index (χ0v) is 11.0. The van der Waals surface area contributed by atoms with Crippen LogP contribution in [0.5, 0.6) is 0 Å². The van der Waals surface area contributed by atoms with Crippen LogP contribution in [0.1, 0.15) is 40.0 Å². The van der Waals surface area contributed by atoms with Gasteiger partial charge in [-0.1, -0.05) is 20.8 Å². The molecule has 0 spiro atoms. The van der Waals surface area contributed by atoms with Crippen LogP contribution in [-0.4, -0.2) is 32.2 Å². The number of methoxy groups -OCH3 is 1. The van der Waals surface area contributed by atoms with Crippen molar-refractivity contribution < 1.29 is 9.53 Å². The summed E-state index contributed by atoms with van der Waals surface area (Å²) in [5.41, 5.74) is 5.64. The van der Waals surface area contributed by atoms with E-state index in [0.717, 1.165) is 25.9 Å². The molecule has 1 amide bonds. The van der Waals surface area contributed by atoms with Crippen LogP contribution in [0.2, 0.25) is 0 Å². The minimum atomic E-state index is -0.438. The number of amides is 1. The molecule has 0 aromatic rings. The molecule has 0 aromatic heterocycles. The van der Waals surface area contributed by atoms with Crippen molar-refractivity contribution in [3.8, 4) is 0 Å². The largest absolute Gasteiger partial charge is 0.385 e. The van der Waals surface area contributed by atoms with Crippen LogP contribution in [0.15, 0.2) is 0 Å². The van der Waals surface area contributed by atoms with Gasteiger partial charge in [-0.25, -0.2) is 0 Å². The van der Waals surface area contributed by atoms with Crippen molar-refractivity contribution in [2.45, 2.75) is 46.1 Å². The number of hydrogen-bond donors (Lipinski definition) is 2. The minimum absolute atomic E-state index is 0.0563. The maximum atomic E-state index is 11.6. The van der Waals surface area contributed by atoms with E-state index in [2.05, 4.69) is 5.32 Å². The van der Waals surface area contributed by atoms with Crippen LogP contribution in [-0.2, 0) is 9.53 Å². The van der Waals surface area contributed by atoms with Crippen molar-refractivity contribution in [1.82, 2.24) is 5.32 Å². The smallest absolute Gasteiger partial charge is 0.237 e. The third-order valence-corrected chi connectivity index (χ3v) is 2.54. The minimum Gasteiger partial charge on any atom is -0.385 e. The van der Waals surface area contributed by atoms with Crippen molar-refractivity contribution in [2.75, 3.05) is 20.3 Å². The quantitative estimate of drug-likeness (QED) is 0.648. The third kappa shape index (κ3) is 6.80. The van der Waals surface area contributed by atoms with E-state index in [1.54, 1.807) is 7.11 Å². The summed E-state index contributed by atoms with van der Waals surface area (Å²) in [7, 11) is 1.70. The zero-order chi connectivity index (χ0) is 12.6. The van der Waals surface area contributed by atoms with Gasteiger partial charge in [0.2, 0.25) is 5.91 Å². The van der Waals surface area contributed by atoms with Gasteiger partial charge < -0.3 is 15.8 Å². The van der Waals surface area contributed by atoms with Gasteiger partial charge >= 0.3 is 0 Å². The standard InChI is InChI=1S/C12H26N2O2/c1-12(2,3)10(13)11(15)14-8-6-5-7-9-16-4/h10H,5-9,13H2,1-4H3,(H,14,15)/t10-/m1/s1. The first-order valence-corrected chi connectivity index (χ1v) is 5.92. The Bertz CT molecular complexity index is 200. The lowest BCUT2D eigenvalue weighted by Crippen LogP contribution is -2.48. The molecule has 0 fully saturated rings. The highest BCUT2D eigenvalue weighted by Gasteiger charge is 2.26. The number of nitrogens with two attached hydrogens (primary N) is 1. The lowest BCUT2D eigenvalue weighted by molar-refractivity contribution is -0.124. The maximum absolute atomic E-state index is 11.6. The first kappa shape index (κ1) is 15.4. The third-order valence-electron chi connectivity index (χ3n) is 2.54. The van der Waals surface area contributed by atoms with Crippen LogP contribution < -0.4 is 11.1 Å². The van der Waals surface area contributed by atoms with Gasteiger partial charge in [0.25, 0.3) is 0 Å². The van der Waals surface area contributed by atoms with Crippen molar-refractivity contribution in [1.29, 1.82) is 0 Å². The van der Waals surface area contributed by atoms with Crippen molar-refractivity contribution in [3.05, 3.63) is 0 Å². The molecule has 16 heavy (non-hydrogen) atoms. The molecular weight excluding hydrogens is 204 g/mol. The summed E-state index contributed by atoms with van der Waals surface area (Å²) in [5.74, 6) is -0.0563. The van der Waals surface area contributed by atoms with E-state index in [9.17, 15) is 4.79 Å². The van der Waals surface area contributed by atoms with Gasteiger partial charge in [-0.15, -0.1) is 0 Å². The Labute approximate surface area is 98.9 Å². The second kappa shape index (κ2) is 7.63. The van der Waals surface area contributed by atoms with E-state index >= 15 is 0 Å². The van der Waals surface area contributed by atoms with Crippen LogP contribution in [0.4, 0.5) is 0 Å². The molecule has 0 saturated carbocycles. The number of hydrogen-bond acceptors (Lipinski definition) is 3. The number of nitrogens with one attached hydrogen (secondary N) is 1. The molecule has 0 aliphatic heterocycles. The Morgan fingerprint density at radius 2 is 1.94 bits per heavy atom. The number of carbonyl (C=O) groups excluding carboxylic acids is 1. The molecule has 96 valence electrons. The predicted octanol–water partition coefficient (Wildman–Crippen LogP) is 1.29. The molecule has 1 atom stereocenters. The van der Waals surface area contributed by atoms with Crippen LogP contribution in [0.3, 0.4) is 0 Å². The topological polar surface area (TPSA) is 64.3 Å². The molecule has 4 heteroatoms. The van der Waals surface area contributed by atoms with Gasteiger partial charge in [0.15, 0.2) is 0 Å². The average molecular weight is 230 g/mol. The van der Waals surface area contributed by atoms with Crippen LogP contribution in [0, 0.1) is 5.41 Å². The van der Waals surface area contributed by atoms with E-state index < -0.39 is 6.04 Å². The normalized spacial score (nSPS) is 13.6. The molecule has 0 aromatic carbocycles. The number of ether oxygens (including phenoxy) is 1. The highest BCUT2D eigenvalue weighted by molar-refractivity contribution is 5.82. The predicted molar refractivity (Wildman–Crippen MR) is 66.2 cm³/mol. The fraction of sp³-hybridized carbons (Fsp3) is 0.917. The van der Waals surface area contributed by atoms with Gasteiger partial charge in [-0.05, 0) is 24.7 Å². The number of carbonyl (C=O) groups is 1. The van der Waals surface area contributed by atoms with Crippen LogP contribution in [0.25, 0.3) is 0 Å². The summed E-state index contributed by atoms with van der Waals surface area (Å²) in [4.78, 5) is 11.6. The highest BCUT2D eigenvalue weighted by atomic mass is 16.5. The monoisotopic (exact) mass is 230 g/mol.